The van der Waals surface area contributed by atoms with Crippen LogP contribution in [0, 0.1) is 0 Å². The minimum absolute atomic E-state index is 0.0319. The van der Waals surface area contributed by atoms with E-state index in [0.29, 0.717) is 0 Å². The van der Waals surface area contributed by atoms with Crippen molar-refractivity contribution in [3.8, 4) is 0 Å². The molecular weight excluding hydrogens is 399 g/mol. The van der Waals surface area contributed by atoms with Crippen LogP contribution in [0.4, 0.5) is 0 Å². The van der Waals surface area contributed by atoms with Crippen molar-refractivity contribution in [3.05, 3.63) is 115 Å². The molecule has 0 radical (unpaired) electrons. The fourth-order valence-corrected chi connectivity index (χ4v) is 2.36. The molecule has 0 saturated heterocycles. The van der Waals surface area contributed by atoms with Gasteiger partial charge < -0.3 is 9.79 Å². The van der Waals surface area contributed by atoms with Gasteiger partial charge in [-0.2, -0.15) is 0 Å². The highest BCUT2D eigenvalue weighted by Crippen LogP contribution is 2.07. The Kier molecular flexibility index (Phi) is 9.83. The van der Waals surface area contributed by atoms with E-state index in [1.807, 2.05) is 97.2 Å². The summed E-state index contributed by atoms with van der Waals surface area (Å²) in [7, 11) is -3.13. The van der Waals surface area contributed by atoms with Gasteiger partial charge in [0.2, 0.25) is 0 Å². The third-order valence-electron chi connectivity index (χ3n) is 3.70. The van der Waals surface area contributed by atoms with Crippen LogP contribution in [0.1, 0.15) is 15.9 Å². The molecule has 1 aromatic heterocycles. The molecule has 30 heavy (non-hydrogen) atoms. The minimum Gasteiger partial charge on any atom is -0.326 e. The van der Waals surface area contributed by atoms with Crippen molar-refractivity contribution in [2.75, 3.05) is 0 Å². The number of para-hydroxylation sites is 1. The molecule has 6 nitrogen and oxygen atoms in total. The fraction of sp³-hybridized carbons (Fsp3) is 0. The number of aromatic nitrogens is 2. The lowest BCUT2D eigenvalue weighted by Crippen LogP contribution is -1.92. The summed E-state index contributed by atoms with van der Waals surface area (Å²) in [5.41, 5.74) is 2.75. The molecule has 1 heterocycles. The molecule has 0 aliphatic rings. The fourth-order valence-electron chi connectivity index (χ4n) is 2.36. The minimum atomic E-state index is -3.13. The van der Waals surface area contributed by atoms with Crippen LogP contribution < -0.4 is 0 Å². The third kappa shape index (κ3) is 8.71. The first-order valence-electron chi connectivity index (χ1n) is 8.95. The van der Waals surface area contributed by atoms with Gasteiger partial charge in [0.25, 0.3) is 0 Å². The van der Waals surface area contributed by atoms with Gasteiger partial charge in [0.15, 0.2) is 5.78 Å². The second-order valence-electron chi connectivity index (χ2n) is 5.84. The summed E-state index contributed by atoms with van der Waals surface area (Å²) in [6, 6.07) is 27.0. The van der Waals surface area contributed by atoms with Crippen LogP contribution >= 0.6 is 8.25 Å². The van der Waals surface area contributed by atoms with E-state index in [0.717, 1.165) is 22.0 Å². The molecule has 4 rings (SSSR count). The highest BCUT2D eigenvalue weighted by atomic mass is 31.1. The Balaban J connectivity index is 0.000000194. The molecule has 0 aliphatic heterocycles. The molecule has 0 bridgehead atoms. The van der Waals surface area contributed by atoms with Crippen molar-refractivity contribution in [1.82, 2.24) is 9.97 Å². The van der Waals surface area contributed by atoms with Gasteiger partial charge >= 0.3 is 8.25 Å². The summed E-state index contributed by atoms with van der Waals surface area (Å²) in [6.45, 7) is 0. The molecule has 0 fully saturated rings. The van der Waals surface area contributed by atoms with Crippen molar-refractivity contribution < 1.29 is 19.1 Å². The summed E-state index contributed by atoms with van der Waals surface area (Å²) in [5.74, 6) is 0.0319. The molecule has 2 N–H and O–H groups in total. The van der Waals surface area contributed by atoms with Crippen LogP contribution in [0.5, 0.6) is 0 Å². The van der Waals surface area contributed by atoms with E-state index in [2.05, 4.69) is 9.97 Å². The monoisotopic (exact) mass is 420 g/mol. The van der Waals surface area contributed by atoms with Crippen molar-refractivity contribution >= 4 is 31.0 Å². The lowest BCUT2D eigenvalue weighted by molar-refractivity contribution is 0.104. The topological polar surface area (TPSA) is 100 Å². The van der Waals surface area contributed by atoms with Gasteiger partial charge in [0.1, 0.15) is 6.33 Å². The first kappa shape index (κ1) is 22.8. The molecule has 0 amide bonds. The second kappa shape index (κ2) is 12.9. The van der Waals surface area contributed by atoms with Crippen LogP contribution in [-0.2, 0) is 4.57 Å². The quantitative estimate of drug-likeness (QED) is 0.286. The Bertz CT molecular complexity index is 1030. The summed E-state index contributed by atoms with van der Waals surface area (Å²) < 4.78 is 8.74. The highest BCUT2D eigenvalue weighted by molar-refractivity contribution is 7.30. The van der Waals surface area contributed by atoms with Crippen LogP contribution in [0.3, 0.4) is 0 Å². The second-order valence-corrected chi connectivity index (χ2v) is 6.40. The zero-order valence-electron chi connectivity index (χ0n) is 16.0. The van der Waals surface area contributed by atoms with E-state index in [9.17, 15) is 4.79 Å². The number of hydrogen-bond acceptors (Lipinski definition) is 4. The zero-order valence-corrected chi connectivity index (χ0v) is 17.0. The van der Waals surface area contributed by atoms with Crippen molar-refractivity contribution in [2.24, 2.45) is 0 Å². The van der Waals surface area contributed by atoms with E-state index in [1.54, 1.807) is 12.4 Å². The Morgan fingerprint density at radius 1 is 0.833 bits per heavy atom. The van der Waals surface area contributed by atoms with Crippen LogP contribution in [-0.4, -0.2) is 25.5 Å². The molecule has 0 unspecified atom stereocenters. The average Bonchev–Trinajstić information content (AvgIpc) is 2.79. The lowest BCUT2D eigenvalue weighted by Gasteiger charge is -1.94. The van der Waals surface area contributed by atoms with E-state index in [-0.39, 0.29) is 5.78 Å². The normalized spacial score (nSPS) is 10.1. The maximum Gasteiger partial charge on any atom is 0.314 e. The third-order valence-corrected chi connectivity index (χ3v) is 3.70. The van der Waals surface area contributed by atoms with Gasteiger partial charge in [-0.15, -0.1) is 0 Å². The van der Waals surface area contributed by atoms with Gasteiger partial charge in [-0.05, 0) is 17.7 Å². The molecule has 7 heteroatoms. The van der Waals surface area contributed by atoms with Crippen LogP contribution in [0.25, 0.3) is 17.0 Å². The number of fused-ring (bicyclic) bond motifs is 1. The number of rotatable bonds is 3. The molecule has 0 aliphatic carbocycles. The van der Waals surface area contributed by atoms with Gasteiger partial charge in [-0.1, -0.05) is 84.9 Å². The molecular formula is C23H21N2O4P. The van der Waals surface area contributed by atoms with E-state index < -0.39 is 8.25 Å². The Hall–Kier alpha value is -3.44. The van der Waals surface area contributed by atoms with Gasteiger partial charge in [-0.3, -0.25) is 9.36 Å². The highest BCUT2D eigenvalue weighted by Gasteiger charge is 1.98. The summed E-state index contributed by atoms with van der Waals surface area (Å²) >= 11 is 0. The number of carbonyl (C=O) groups is 1. The van der Waals surface area contributed by atoms with Gasteiger partial charge in [0, 0.05) is 17.1 Å². The largest absolute Gasteiger partial charge is 0.326 e. The number of nitrogens with zero attached hydrogens (tertiary/aromatic N) is 2. The molecule has 4 aromatic rings. The Morgan fingerprint density at radius 3 is 2.03 bits per heavy atom. The standard InChI is InChI=1S/C15H12O.C8H6N2.H3O3P/c16-15(14-9-5-2-6-10-14)12-11-13-7-3-1-4-8-13;1-2-4-8-7(3-1)5-9-6-10-8;1-4(2)3/h1-12H;1-6H;4H,(H2,1,2,3)/b12-11+;;. The maximum atomic E-state index is 11.7. The number of hydrogen-bond donors (Lipinski definition) is 2. The molecule has 152 valence electrons. The SMILES string of the molecule is O=C(/C=C/c1ccccc1)c1ccccc1.O=[PH](O)O.c1ccc2ncncc2c1. The number of ketones is 1. The summed E-state index contributed by atoms with van der Waals surface area (Å²) in [4.78, 5) is 34.0. The smallest absolute Gasteiger partial charge is 0.314 e. The Morgan fingerprint density at radius 2 is 1.40 bits per heavy atom. The van der Waals surface area contributed by atoms with Gasteiger partial charge in [-0.25, -0.2) is 9.97 Å². The van der Waals surface area contributed by atoms with E-state index in [4.69, 9.17) is 14.4 Å². The Labute approximate surface area is 175 Å². The average molecular weight is 420 g/mol. The first-order chi connectivity index (χ1) is 14.6. The molecule has 0 spiro atoms. The molecule has 0 saturated carbocycles. The van der Waals surface area contributed by atoms with E-state index >= 15 is 0 Å². The van der Waals surface area contributed by atoms with Crippen molar-refractivity contribution in [2.45, 2.75) is 0 Å². The predicted octanol–water partition coefficient (Wildman–Crippen LogP) is 4.57. The predicted molar refractivity (Wildman–Crippen MR) is 119 cm³/mol. The molecule has 0 atom stereocenters. The number of carbonyl (C=O) groups excluding carboxylic acids is 1. The number of allylic oxidation sites excluding steroid dienone is 1. The van der Waals surface area contributed by atoms with Crippen molar-refractivity contribution in [1.29, 1.82) is 0 Å². The summed E-state index contributed by atoms with van der Waals surface area (Å²) in [6.07, 6.45) is 6.80. The lowest BCUT2D eigenvalue weighted by atomic mass is 10.1. The van der Waals surface area contributed by atoms with Crippen molar-refractivity contribution in [3.63, 3.8) is 0 Å². The summed E-state index contributed by atoms with van der Waals surface area (Å²) in [5, 5.41) is 1.09. The zero-order chi connectivity index (χ0) is 21.6. The number of benzene rings is 3. The van der Waals surface area contributed by atoms with Crippen LogP contribution in [0.2, 0.25) is 0 Å². The van der Waals surface area contributed by atoms with Gasteiger partial charge in [0.05, 0.1) is 5.52 Å². The van der Waals surface area contributed by atoms with E-state index in [1.165, 1.54) is 0 Å². The van der Waals surface area contributed by atoms with Crippen LogP contribution in [0.15, 0.2) is 104 Å². The molecule has 3 aromatic carbocycles. The maximum absolute atomic E-state index is 11.7. The first-order valence-corrected chi connectivity index (χ1v) is 10.3.